The molecule has 3 aliphatic heterocycles. The highest BCUT2D eigenvalue weighted by atomic mass is 15.2. The van der Waals surface area contributed by atoms with Crippen LogP contribution in [0.1, 0.15) is 5.56 Å². The molecule has 0 atom stereocenters. The van der Waals surface area contributed by atoms with Crippen molar-refractivity contribution in [3.05, 3.63) is 145 Å². The maximum absolute atomic E-state index is 5.30. The average molecular weight is 582 g/mol. The lowest BCUT2D eigenvalue weighted by atomic mass is 9.98. The highest BCUT2D eigenvalue weighted by Gasteiger charge is 2.33. The molecule has 0 saturated heterocycles. The molecule has 9 rings (SSSR count). The molecular formula is C40H31N5. The van der Waals surface area contributed by atoms with E-state index in [1.165, 1.54) is 38.8 Å². The molecule has 45 heavy (non-hydrogen) atoms. The van der Waals surface area contributed by atoms with Gasteiger partial charge in [0.25, 0.3) is 0 Å². The second kappa shape index (κ2) is 10.1. The zero-order valence-electron chi connectivity index (χ0n) is 25.0. The van der Waals surface area contributed by atoms with Crippen molar-refractivity contribution in [2.45, 2.75) is 0 Å². The Morgan fingerprint density at radius 2 is 1.36 bits per heavy atom. The van der Waals surface area contributed by atoms with Gasteiger partial charge in [-0.1, -0.05) is 103 Å². The number of allylic oxidation sites excluding steroid dienone is 4. The summed E-state index contributed by atoms with van der Waals surface area (Å²) in [5, 5.41) is 7.17. The summed E-state index contributed by atoms with van der Waals surface area (Å²) in [6.45, 7) is 1.67. The van der Waals surface area contributed by atoms with E-state index in [0.717, 1.165) is 52.6 Å². The number of nitrogens with zero attached hydrogens (tertiary/aromatic N) is 4. The highest BCUT2D eigenvalue weighted by Crippen LogP contribution is 2.54. The first-order chi connectivity index (χ1) is 22.3. The summed E-state index contributed by atoms with van der Waals surface area (Å²) in [5.74, 6) is 1.99. The van der Waals surface area contributed by atoms with Crippen LogP contribution in [0.3, 0.4) is 0 Å². The molecule has 5 heterocycles. The quantitative estimate of drug-likeness (QED) is 0.226. The predicted molar refractivity (Wildman–Crippen MR) is 188 cm³/mol. The Bertz CT molecular complexity index is 2280. The zero-order valence-corrected chi connectivity index (χ0v) is 25.0. The standard InChI is InChI=1S/C40H31N5/c1-43-25-13-11-19-33(43)32-26-42-40(28-15-3-2-14-27(28)32)44-34-20-7-4-16-29(34)38-30-17-5-8-21-35(30)45(37-23-10-12-24-41-37)39(38)31-18-6-9-22-36(31)44/h2-23,26,41H,24-25H2,1H3. The van der Waals surface area contributed by atoms with Crippen LogP contribution in [-0.2, 0) is 0 Å². The van der Waals surface area contributed by atoms with Crippen LogP contribution in [0.4, 0.5) is 17.2 Å². The van der Waals surface area contributed by atoms with Gasteiger partial charge in [0.2, 0.25) is 0 Å². The van der Waals surface area contributed by atoms with E-state index in [1.54, 1.807) is 0 Å². The molecule has 216 valence electrons. The number of rotatable bonds is 3. The number of nitrogens with one attached hydrogen (secondary N) is 1. The molecule has 1 N–H and O–H groups in total. The van der Waals surface area contributed by atoms with Crippen molar-refractivity contribution in [3.8, 4) is 22.4 Å². The predicted octanol–water partition coefficient (Wildman–Crippen LogP) is 9.11. The van der Waals surface area contributed by atoms with E-state index >= 15 is 0 Å². The van der Waals surface area contributed by atoms with Crippen LogP contribution in [0, 0.1) is 0 Å². The molecule has 0 saturated carbocycles. The maximum atomic E-state index is 5.30. The van der Waals surface area contributed by atoms with Crippen LogP contribution in [0.25, 0.3) is 55.6 Å². The van der Waals surface area contributed by atoms with Gasteiger partial charge in [0.05, 0.1) is 22.6 Å². The highest BCUT2D eigenvalue weighted by molar-refractivity contribution is 6.14. The van der Waals surface area contributed by atoms with Crippen molar-refractivity contribution >= 4 is 50.4 Å². The summed E-state index contributed by atoms with van der Waals surface area (Å²) in [7, 11) is 2.14. The molecule has 0 fully saturated rings. The number of hydrogen-bond acceptors (Lipinski definition) is 4. The third-order valence-electron chi connectivity index (χ3n) is 9.16. The third kappa shape index (κ3) is 3.84. The summed E-state index contributed by atoms with van der Waals surface area (Å²) in [6, 6.07) is 35.0. The van der Waals surface area contributed by atoms with E-state index in [2.05, 4.69) is 166 Å². The molecule has 0 aliphatic carbocycles. The number of benzene rings is 4. The van der Waals surface area contributed by atoms with Gasteiger partial charge in [-0.2, -0.15) is 0 Å². The van der Waals surface area contributed by atoms with E-state index in [1.807, 2.05) is 0 Å². The molecule has 0 amide bonds. The minimum Gasteiger partial charge on any atom is -0.370 e. The first kappa shape index (κ1) is 25.7. The molecule has 5 nitrogen and oxygen atoms in total. The number of dihydropyridines is 1. The van der Waals surface area contributed by atoms with Gasteiger partial charge in [-0.3, -0.25) is 9.47 Å². The second-order valence-electron chi connectivity index (χ2n) is 11.7. The summed E-state index contributed by atoms with van der Waals surface area (Å²) in [6.07, 6.45) is 15.0. The van der Waals surface area contributed by atoms with Gasteiger partial charge in [-0.05, 0) is 35.7 Å². The summed E-state index contributed by atoms with van der Waals surface area (Å²) >= 11 is 0. The number of para-hydroxylation sites is 3. The smallest absolute Gasteiger partial charge is 0.145 e. The number of hydrogen-bond donors (Lipinski definition) is 1. The number of fused-ring (bicyclic) bond motifs is 8. The molecule has 5 heteroatoms. The van der Waals surface area contributed by atoms with Gasteiger partial charge in [0, 0.05) is 65.1 Å². The van der Waals surface area contributed by atoms with Crippen LogP contribution in [0.15, 0.2) is 140 Å². The van der Waals surface area contributed by atoms with Crippen molar-refractivity contribution in [3.63, 3.8) is 0 Å². The Labute approximate surface area is 262 Å². The van der Waals surface area contributed by atoms with E-state index in [0.29, 0.717) is 0 Å². The van der Waals surface area contributed by atoms with Crippen molar-refractivity contribution in [1.29, 1.82) is 0 Å². The van der Waals surface area contributed by atoms with E-state index in [9.17, 15) is 0 Å². The Morgan fingerprint density at radius 1 is 0.667 bits per heavy atom. The van der Waals surface area contributed by atoms with Gasteiger partial charge in [-0.15, -0.1) is 0 Å². The SMILES string of the molecule is CN1CC=CC=C1c1cnc(N2c3ccccc3-c3c(n(C4=CC=CCN4)c4ccccc34)-c3ccccc32)c2ccccc12. The summed E-state index contributed by atoms with van der Waals surface area (Å²) in [4.78, 5) is 9.95. The van der Waals surface area contributed by atoms with Crippen LogP contribution in [0.5, 0.6) is 0 Å². The van der Waals surface area contributed by atoms with Crippen LogP contribution >= 0.6 is 0 Å². The Kier molecular flexibility index (Phi) is 5.78. The number of aromatic nitrogens is 2. The van der Waals surface area contributed by atoms with E-state index in [-0.39, 0.29) is 0 Å². The number of likely N-dealkylation sites (N-methyl/N-ethyl adjacent to an activating group) is 1. The Hall–Kier alpha value is -5.81. The van der Waals surface area contributed by atoms with Crippen molar-refractivity contribution in [2.24, 2.45) is 0 Å². The van der Waals surface area contributed by atoms with Gasteiger partial charge in [0.15, 0.2) is 0 Å². The molecular weight excluding hydrogens is 550 g/mol. The van der Waals surface area contributed by atoms with E-state index < -0.39 is 0 Å². The molecule has 3 aliphatic rings. The third-order valence-corrected chi connectivity index (χ3v) is 9.16. The molecule has 2 aromatic heterocycles. The fraction of sp³-hybridized carbons (Fsp3) is 0.0750. The van der Waals surface area contributed by atoms with Crippen LogP contribution < -0.4 is 10.2 Å². The minimum absolute atomic E-state index is 0.793. The largest absolute Gasteiger partial charge is 0.370 e. The van der Waals surface area contributed by atoms with Gasteiger partial charge in [-0.25, -0.2) is 4.98 Å². The molecule has 0 spiro atoms. The molecule has 0 radical (unpaired) electrons. The maximum Gasteiger partial charge on any atom is 0.145 e. The first-order valence-corrected chi connectivity index (χ1v) is 15.5. The number of pyridine rings is 1. The van der Waals surface area contributed by atoms with Crippen LogP contribution in [0.2, 0.25) is 0 Å². The van der Waals surface area contributed by atoms with Crippen molar-refractivity contribution in [2.75, 3.05) is 25.0 Å². The Morgan fingerprint density at radius 3 is 2.16 bits per heavy atom. The van der Waals surface area contributed by atoms with E-state index in [4.69, 9.17) is 4.98 Å². The van der Waals surface area contributed by atoms with Gasteiger partial charge >= 0.3 is 0 Å². The second-order valence-corrected chi connectivity index (χ2v) is 11.7. The molecule has 6 aromatic rings. The lowest BCUT2D eigenvalue weighted by Gasteiger charge is -2.29. The zero-order chi connectivity index (χ0) is 29.9. The molecule has 0 unspecified atom stereocenters. The first-order valence-electron chi connectivity index (χ1n) is 15.5. The molecule has 4 aromatic carbocycles. The fourth-order valence-corrected chi connectivity index (χ4v) is 7.19. The minimum atomic E-state index is 0.793. The average Bonchev–Trinajstić information content (AvgIpc) is 3.38. The van der Waals surface area contributed by atoms with Gasteiger partial charge in [0.1, 0.15) is 11.6 Å². The van der Waals surface area contributed by atoms with Crippen molar-refractivity contribution < 1.29 is 0 Å². The fourth-order valence-electron chi connectivity index (χ4n) is 7.19. The molecule has 0 bridgehead atoms. The monoisotopic (exact) mass is 581 g/mol. The summed E-state index contributed by atoms with van der Waals surface area (Å²) < 4.78 is 2.40. The lowest BCUT2D eigenvalue weighted by molar-refractivity contribution is 0.532. The topological polar surface area (TPSA) is 36.3 Å². The number of anilines is 3. The van der Waals surface area contributed by atoms with Crippen molar-refractivity contribution in [1.82, 2.24) is 19.8 Å². The lowest BCUT2D eigenvalue weighted by Crippen LogP contribution is -2.20. The van der Waals surface area contributed by atoms with Crippen LogP contribution in [-0.4, -0.2) is 34.6 Å². The van der Waals surface area contributed by atoms with Gasteiger partial charge < -0.3 is 10.2 Å². The normalized spacial score (nSPS) is 15.2. The summed E-state index contributed by atoms with van der Waals surface area (Å²) in [5.41, 5.74) is 10.5. The Balaban J connectivity index is 1.38.